The number of amides is 1. The van der Waals surface area contributed by atoms with Crippen LogP contribution in [0.15, 0.2) is 41.3 Å². The topological polar surface area (TPSA) is 81.7 Å². The van der Waals surface area contributed by atoms with Crippen LogP contribution in [0.2, 0.25) is 0 Å². The number of hydrogen-bond acceptors (Lipinski definition) is 6. The highest BCUT2D eigenvalue weighted by molar-refractivity contribution is 8.02. The van der Waals surface area contributed by atoms with Crippen LogP contribution >= 0.6 is 11.8 Å². The van der Waals surface area contributed by atoms with Crippen molar-refractivity contribution in [1.82, 2.24) is 5.32 Å². The van der Waals surface area contributed by atoms with Gasteiger partial charge in [-0.25, -0.2) is 8.42 Å². The molecule has 8 heteroatoms. The maximum Gasteiger partial charge on any atom is 0.252 e. The van der Waals surface area contributed by atoms with E-state index in [4.69, 9.17) is 9.47 Å². The molecule has 1 N–H and O–H groups in total. The molecular weight excluding hydrogens is 434 g/mol. The summed E-state index contributed by atoms with van der Waals surface area (Å²) >= 11 is 1.47. The first-order valence-electron chi connectivity index (χ1n) is 10.5. The Labute approximate surface area is 187 Å². The third kappa shape index (κ3) is 5.18. The summed E-state index contributed by atoms with van der Waals surface area (Å²) in [6, 6.07) is 11.3. The lowest BCUT2D eigenvalue weighted by atomic mass is 10.1. The molecule has 31 heavy (non-hydrogen) atoms. The predicted molar refractivity (Wildman–Crippen MR) is 122 cm³/mol. The van der Waals surface area contributed by atoms with Gasteiger partial charge in [0.25, 0.3) is 5.91 Å². The lowest BCUT2D eigenvalue weighted by molar-refractivity contribution is 0.0947. The number of hydrogen-bond donors (Lipinski definition) is 1. The van der Waals surface area contributed by atoms with Crippen LogP contribution in [0.1, 0.15) is 41.8 Å². The minimum atomic E-state index is -2.96. The minimum Gasteiger partial charge on any atom is -0.494 e. The Balaban J connectivity index is 1.48. The van der Waals surface area contributed by atoms with Gasteiger partial charge < -0.3 is 14.8 Å². The quantitative estimate of drug-likeness (QED) is 0.678. The number of fused-ring (bicyclic) bond motifs is 1. The third-order valence-electron chi connectivity index (χ3n) is 5.43. The molecular formula is C23H27NO5S2. The van der Waals surface area contributed by atoms with Gasteiger partial charge in [0.2, 0.25) is 0 Å². The first-order valence-corrected chi connectivity index (χ1v) is 13.2. The molecule has 2 aliphatic rings. The van der Waals surface area contributed by atoms with Crippen molar-refractivity contribution in [1.29, 1.82) is 0 Å². The highest BCUT2D eigenvalue weighted by atomic mass is 32.2. The molecule has 0 radical (unpaired) electrons. The molecule has 2 aliphatic heterocycles. The van der Waals surface area contributed by atoms with Gasteiger partial charge in [-0.05, 0) is 44.5 Å². The molecule has 0 aromatic heterocycles. The second-order valence-electron chi connectivity index (χ2n) is 7.95. The van der Waals surface area contributed by atoms with Crippen LogP contribution in [0, 0.1) is 0 Å². The first kappa shape index (κ1) is 22.0. The van der Waals surface area contributed by atoms with Gasteiger partial charge in [0, 0.05) is 34.2 Å². The smallest absolute Gasteiger partial charge is 0.252 e. The summed E-state index contributed by atoms with van der Waals surface area (Å²) in [5.41, 5.74) is 2.55. The van der Waals surface area contributed by atoms with Gasteiger partial charge in [0.1, 0.15) is 17.6 Å². The lowest BCUT2D eigenvalue weighted by Gasteiger charge is -2.15. The Hall–Kier alpha value is -2.19. The number of carbonyl (C=O) groups is 1. The van der Waals surface area contributed by atoms with Crippen molar-refractivity contribution in [3.05, 3.63) is 53.1 Å². The van der Waals surface area contributed by atoms with Gasteiger partial charge in [-0.2, -0.15) is 0 Å². The number of benzene rings is 2. The number of rotatable bonds is 7. The second kappa shape index (κ2) is 9.12. The number of carbonyl (C=O) groups excluding carboxylic acids is 1. The van der Waals surface area contributed by atoms with Crippen molar-refractivity contribution in [2.75, 3.05) is 18.1 Å². The van der Waals surface area contributed by atoms with E-state index < -0.39 is 9.84 Å². The lowest BCUT2D eigenvalue weighted by Crippen LogP contribution is -2.24. The summed E-state index contributed by atoms with van der Waals surface area (Å²) in [6.07, 6.45) is 1.61. The summed E-state index contributed by atoms with van der Waals surface area (Å²) in [6.45, 7) is 4.83. The van der Waals surface area contributed by atoms with Crippen LogP contribution in [0.25, 0.3) is 0 Å². The average Bonchev–Trinajstić information content (AvgIpc) is 3.26. The van der Waals surface area contributed by atoms with Gasteiger partial charge in [-0.3, -0.25) is 4.79 Å². The molecule has 1 fully saturated rings. The van der Waals surface area contributed by atoms with E-state index in [1.54, 1.807) is 6.07 Å². The van der Waals surface area contributed by atoms with Crippen molar-refractivity contribution in [3.63, 3.8) is 0 Å². The first-order chi connectivity index (χ1) is 14.8. The molecule has 0 bridgehead atoms. The van der Waals surface area contributed by atoms with E-state index in [2.05, 4.69) is 5.32 Å². The third-order valence-corrected chi connectivity index (χ3v) is 8.76. The van der Waals surface area contributed by atoms with Crippen molar-refractivity contribution < 1.29 is 22.7 Å². The van der Waals surface area contributed by atoms with Crippen LogP contribution in [-0.4, -0.2) is 43.8 Å². The van der Waals surface area contributed by atoms with E-state index >= 15 is 0 Å². The fraction of sp³-hybridized carbons (Fsp3) is 0.435. The van der Waals surface area contributed by atoms with E-state index in [1.165, 1.54) is 11.8 Å². The summed E-state index contributed by atoms with van der Waals surface area (Å²) in [5, 5.41) is 2.98. The zero-order chi connectivity index (χ0) is 22.0. The molecule has 0 unspecified atom stereocenters. The average molecular weight is 462 g/mol. The monoisotopic (exact) mass is 461 g/mol. The largest absolute Gasteiger partial charge is 0.494 e. The molecule has 166 valence electrons. The van der Waals surface area contributed by atoms with Crippen molar-refractivity contribution in [2.24, 2.45) is 0 Å². The Morgan fingerprint density at radius 2 is 2.10 bits per heavy atom. The standard InChI is InChI=1S/C23H27NO5S2/c1-3-28-20-11-16-10-15(2)29-21(16)12-17(20)13-24-23(25)19-6-4-5-7-22(19)30-18-8-9-31(26,27)14-18/h4-7,11-12,15,18H,3,8-10,13-14H2,1-2H3,(H,24,25)/t15-,18-/m1/s1. The second-order valence-corrected chi connectivity index (χ2v) is 11.5. The van der Waals surface area contributed by atoms with Gasteiger partial charge in [0.05, 0.1) is 23.7 Å². The summed E-state index contributed by atoms with van der Waals surface area (Å²) in [7, 11) is -2.96. The van der Waals surface area contributed by atoms with Crippen LogP contribution < -0.4 is 14.8 Å². The molecule has 2 aromatic rings. The Morgan fingerprint density at radius 3 is 2.84 bits per heavy atom. The van der Waals surface area contributed by atoms with E-state index in [1.807, 2.05) is 44.2 Å². The van der Waals surface area contributed by atoms with Crippen molar-refractivity contribution >= 4 is 27.5 Å². The Kier molecular flexibility index (Phi) is 6.48. The van der Waals surface area contributed by atoms with E-state index in [-0.39, 0.29) is 28.8 Å². The SMILES string of the molecule is CCOc1cc2c(cc1CNC(=O)c1ccccc1S[C@@H]1CCS(=O)(=O)C1)O[C@H](C)C2. The zero-order valence-corrected chi connectivity index (χ0v) is 19.4. The fourth-order valence-corrected chi connectivity index (χ4v) is 7.60. The molecule has 1 saturated heterocycles. The van der Waals surface area contributed by atoms with Crippen LogP contribution in [0.3, 0.4) is 0 Å². The van der Waals surface area contributed by atoms with E-state index in [0.29, 0.717) is 25.1 Å². The summed E-state index contributed by atoms with van der Waals surface area (Å²) in [4.78, 5) is 13.8. The van der Waals surface area contributed by atoms with Crippen molar-refractivity contribution in [3.8, 4) is 11.5 Å². The number of ether oxygens (including phenoxy) is 2. The van der Waals surface area contributed by atoms with Gasteiger partial charge in [0.15, 0.2) is 9.84 Å². The fourth-order valence-electron chi connectivity index (χ4n) is 3.97. The molecule has 0 spiro atoms. The molecule has 2 atom stereocenters. The summed E-state index contributed by atoms with van der Waals surface area (Å²) in [5.74, 6) is 1.80. The predicted octanol–water partition coefficient (Wildman–Crippen LogP) is 3.62. The molecule has 4 rings (SSSR count). The normalized spacial score (nSPS) is 21.4. The number of nitrogens with one attached hydrogen (secondary N) is 1. The molecule has 0 aliphatic carbocycles. The summed E-state index contributed by atoms with van der Waals surface area (Å²) < 4.78 is 35.2. The highest BCUT2D eigenvalue weighted by Gasteiger charge is 2.29. The molecule has 1 amide bonds. The van der Waals surface area contributed by atoms with Crippen LogP contribution in [-0.2, 0) is 22.8 Å². The maximum absolute atomic E-state index is 13.0. The zero-order valence-electron chi connectivity index (χ0n) is 17.7. The van der Waals surface area contributed by atoms with Gasteiger partial charge in [-0.1, -0.05) is 12.1 Å². The Morgan fingerprint density at radius 1 is 1.29 bits per heavy atom. The molecule has 2 aromatic carbocycles. The van der Waals surface area contributed by atoms with E-state index in [0.717, 1.165) is 33.9 Å². The highest BCUT2D eigenvalue weighted by Crippen LogP contribution is 2.36. The molecule has 2 heterocycles. The van der Waals surface area contributed by atoms with Crippen molar-refractivity contribution in [2.45, 2.75) is 49.5 Å². The van der Waals surface area contributed by atoms with Crippen LogP contribution in [0.4, 0.5) is 0 Å². The number of sulfone groups is 1. The van der Waals surface area contributed by atoms with Gasteiger partial charge in [-0.15, -0.1) is 11.8 Å². The number of thioether (sulfide) groups is 1. The minimum absolute atomic E-state index is 0.0145. The van der Waals surface area contributed by atoms with Crippen LogP contribution in [0.5, 0.6) is 11.5 Å². The maximum atomic E-state index is 13.0. The Bertz CT molecular complexity index is 1080. The molecule has 0 saturated carbocycles. The van der Waals surface area contributed by atoms with Gasteiger partial charge >= 0.3 is 0 Å². The van der Waals surface area contributed by atoms with E-state index in [9.17, 15) is 13.2 Å². The molecule has 6 nitrogen and oxygen atoms in total.